The lowest BCUT2D eigenvalue weighted by Crippen LogP contribution is -2.21. The molecule has 1 atom stereocenters. The van der Waals surface area contributed by atoms with E-state index in [4.69, 9.17) is 14.9 Å². The zero-order valence-corrected chi connectivity index (χ0v) is 20.5. The maximum absolute atomic E-state index is 13.5. The van der Waals surface area contributed by atoms with Crippen molar-refractivity contribution in [2.24, 2.45) is 0 Å². The van der Waals surface area contributed by atoms with E-state index in [1.54, 1.807) is 12.1 Å². The fourth-order valence-electron chi connectivity index (χ4n) is 3.83. The van der Waals surface area contributed by atoms with Crippen LogP contribution >= 0.6 is 0 Å². The third-order valence-corrected chi connectivity index (χ3v) is 7.38. The summed E-state index contributed by atoms with van der Waals surface area (Å²) in [7, 11) is -2.44. The van der Waals surface area contributed by atoms with E-state index in [1.165, 1.54) is 49.6 Å². The standard InChI is InChI=1S/C26H29F2NO5S/c1-26(27,28)20-8-3-6-18(14-20)7-5-13-35(31,32)25-11-10-19(16-24(25)33-2)15-22(29)23(30)17-21-9-4-12-34-21/h3,5-8,10-11,14,16,21,29H,4,9,12-13,15,17H2,1-2H3/b7-5+,29-22?. The third-order valence-electron chi connectivity index (χ3n) is 5.74. The molecule has 1 aliphatic rings. The van der Waals surface area contributed by atoms with Gasteiger partial charge in [-0.05, 0) is 42.2 Å². The zero-order valence-electron chi connectivity index (χ0n) is 19.7. The van der Waals surface area contributed by atoms with Gasteiger partial charge in [-0.2, -0.15) is 0 Å². The summed E-state index contributed by atoms with van der Waals surface area (Å²) in [5.74, 6) is -3.52. The van der Waals surface area contributed by atoms with Crippen molar-refractivity contribution in [2.75, 3.05) is 19.5 Å². The summed E-state index contributed by atoms with van der Waals surface area (Å²) in [6, 6.07) is 10.2. The lowest BCUT2D eigenvalue weighted by Gasteiger charge is -2.12. The van der Waals surface area contributed by atoms with Crippen molar-refractivity contribution in [1.29, 1.82) is 5.41 Å². The first-order valence-corrected chi connectivity index (χ1v) is 12.9. The molecule has 0 radical (unpaired) electrons. The average Bonchev–Trinajstić information content (AvgIpc) is 3.31. The van der Waals surface area contributed by atoms with Gasteiger partial charge >= 0.3 is 0 Å². The number of hydrogen-bond acceptors (Lipinski definition) is 6. The first kappa shape index (κ1) is 26.7. The van der Waals surface area contributed by atoms with Crippen LogP contribution in [0.1, 0.15) is 42.9 Å². The fourth-order valence-corrected chi connectivity index (χ4v) is 5.09. The molecular formula is C26H29F2NO5S. The highest BCUT2D eigenvalue weighted by atomic mass is 32.2. The Kier molecular flexibility index (Phi) is 8.56. The molecule has 0 aromatic heterocycles. The molecule has 0 aliphatic carbocycles. The fraction of sp³-hybridized carbons (Fsp3) is 0.385. The average molecular weight is 506 g/mol. The molecule has 9 heteroatoms. The van der Waals surface area contributed by atoms with Crippen LogP contribution < -0.4 is 4.74 Å². The van der Waals surface area contributed by atoms with Crippen molar-refractivity contribution in [3.8, 4) is 5.75 Å². The van der Waals surface area contributed by atoms with Crippen molar-refractivity contribution in [1.82, 2.24) is 0 Å². The number of carbonyl (C=O) groups is 1. The van der Waals surface area contributed by atoms with E-state index < -0.39 is 15.8 Å². The quantitative estimate of drug-likeness (QED) is 0.434. The Morgan fingerprint density at radius 3 is 2.69 bits per heavy atom. The van der Waals surface area contributed by atoms with Crippen LogP contribution in [0.5, 0.6) is 5.75 Å². The summed E-state index contributed by atoms with van der Waals surface area (Å²) >= 11 is 0. The van der Waals surface area contributed by atoms with E-state index in [0.29, 0.717) is 17.7 Å². The monoisotopic (exact) mass is 505 g/mol. The summed E-state index contributed by atoms with van der Waals surface area (Å²) in [5.41, 5.74) is 0.827. The molecule has 188 valence electrons. The van der Waals surface area contributed by atoms with Crippen LogP contribution in [0.25, 0.3) is 6.08 Å². The molecule has 1 N–H and O–H groups in total. The number of halogens is 2. The van der Waals surface area contributed by atoms with Gasteiger partial charge in [0.15, 0.2) is 15.6 Å². The molecule has 0 saturated carbocycles. The van der Waals surface area contributed by atoms with Crippen LogP contribution in [0.15, 0.2) is 53.4 Å². The summed E-state index contributed by atoms with van der Waals surface area (Å²) in [5, 5.41) is 8.11. The first-order valence-electron chi connectivity index (χ1n) is 11.3. The summed E-state index contributed by atoms with van der Waals surface area (Å²) in [6.45, 7) is 1.44. The van der Waals surface area contributed by atoms with E-state index in [1.807, 2.05) is 0 Å². The smallest absolute Gasteiger partial charge is 0.270 e. The second-order valence-corrected chi connectivity index (χ2v) is 10.6. The predicted molar refractivity (Wildman–Crippen MR) is 130 cm³/mol. The number of ketones is 1. The van der Waals surface area contributed by atoms with E-state index in [2.05, 4.69) is 0 Å². The van der Waals surface area contributed by atoms with Gasteiger partial charge in [-0.25, -0.2) is 17.2 Å². The number of rotatable bonds is 11. The van der Waals surface area contributed by atoms with Crippen LogP contribution in [0.4, 0.5) is 8.78 Å². The van der Waals surface area contributed by atoms with E-state index in [9.17, 15) is 22.0 Å². The molecule has 2 aromatic carbocycles. The normalized spacial score (nSPS) is 16.5. The topological polar surface area (TPSA) is 93.5 Å². The Morgan fingerprint density at radius 2 is 2.03 bits per heavy atom. The summed E-state index contributed by atoms with van der Waals surface area (Å²) in [4.78, 5) is 12.3. The molecule has 3 rings (SSSR count). The van der Waals surface area contributed by atoms with Gasteiger partial charge in [0.2, 0.25) is 0 Å². The predicted octanol–water partition coefficient (Wildman–Crippen LogP) is 4.99. The van der Waals surface area contributed by atoms with Crippen LogP contribution in [0, 0.1) is 5.41 Å². The molecule has 1 fully saturated rings. The molecular weight excluding hydrogens is 476 g/mol. The van der Waals surface area contributed by atoms with Crippen LogP contribution in [-0.4, -0.2) is 45.5 Å². The Balaban J connectivity index is 1.69. The van der Waals surface area contributed by atoms with Crippen molar-refractivity contribution in [3.63, 3.8) is 0 Å². The molecule has 1 saturated heterocycles. The third kappa shape index (κ3) is 7.29. The molecule has 2 aromatic rings. The largest absolute Gasteiger partial charge is 0.495 e. The van der Waals surface area contributed by atoms with Gasteiger partial charge in [-0.3, -0.25) is 4.79 Å². The molecule has 1 heterocycles. The minimum Gasteiger partial charge on any atom is -0.495 e. The first-order chi connectivity index (χ1) is 16.5. The minimum absolute atomic E-state index is 0.0283. The van der Waals surface area contributed by atoms with Crippen LogP contribution in [0.2, 0.25) is 0 Å². The molecule has 0 amide bonds. The Bertz CT molecular complexity index is 1210. The van der Waals surface area contributed by atoms with Crippen LogP contribution in [0.3, 0.4) is 0 Å². The van der Waals surface area contributed by atoms with Gasteiger partial charge < -0.3 is 14.9 Å². The number of benzene rings is 2. The SMILES string of the molecule is COc1cc(CC(=N)C(=O)CC2CCCO2)ccc1S(=O)(=O)C/C=C/c1cccc(C(C)(F)F)c1. The molecule has 1 unspecified atom stereocenters. The second-order valence-electron chi connectivity index (χ2n) is 8.60. The van der Waals surface area contributed by atoms with E-state index >= 15 is 0 Å². The molecule has 35 heavy (non-hydrogen) atoms. The zero-order chi connectivity index (χ0) is 25.6. The lowest BCUT2D eigenvalue weighted by atomic mass is 10.0. The van der Waals surface area contributed by atoms with Gasteiger partial charge in [0, 0.05) is 31.9 Å². The van der Waals surface area contributed by atoms with Crippen molar-refractivity contribution in [3.05, 3.63) is 65.2 Å². The number of Topliss-reactive ketones (excluding diaryl/α,β-unsaturated/α-hetero) is 1. The molecule has 1 aliphatic heterocycles. The van der Waals surface area contributed by atoms with Crippen molar-refractivity contribution < 1.29 is 31.5 Å². The summed E-state index contributed by atoms with van der Waals surface area (Å²) < 4.78 is 63.6. The van der Waals surface area contributed by atoms with Crippen LogP contribution in [-0.2, 0) is 31.7 Å². The minimum atomic E-state index is -3.79. The van der Waals surface area contributed by atoms with Gasteiger partial charge in [0.05, 0.1) is 24.7 Å². The van der Waals surface area contributed by atoms with Gasteiger partial charge in [0.25, 0.3) is 5.92 Å². The maximum atomic E-state index is 13.5. The number of nitrogens with one attached hydrogen (secondary N) is 1. The van der Waals surface area contributed by atoms with Crippen molar-refractivity contribution in [2.45, 2.75) is 49.5 Å². The maximum Gasteiger partial charge on any atom is 0.270 e. The summed E-state index contributed by atoms with van der Waals surface area (Å²) in [6.07, 6.45) is 4.69. The number of methoxy groups -OCH3 is 1. The number of sulfone groups is 1. The molecule has 0 spiro atoms. The van der Waals surface area contributed by atoms with Crippen molar-refractivity contribution >= 4 is 27.4 Å². The number of carbonyl (C=O) groups excluding carboxylic acids is 1. The highest BCUT2D eigenvalue weighted by molar-refractivity contribution is 7.91. The van der Waals surface area contributed by atoms with E-state index in [-0.39, 0.29) is 52.4 Å². The van der Waals surface area contributed by atoms with E-state index in [0.717, 1.165) is 19.8 Å². The Hall–Kier alpha value is -2.91. The lowest BCUT2D eigenvalue weighted by molar-refractivity contribution is -0.115. The highest BCUT2D eigenvalue weighted by Crippen LogP contribution is 2.29. The number of ether oxygens (including phenoxy) is 2. The van der Waals surface area contributed by atoms with Gasteiger partial charge in [-0.15, -0.1) is 0 Å². The Morgan fingerprint density at radius 1 is 1.26 bits per heavy atom. The van der Waals surface area contributed by atoms with Gasteiger partial charge in [0.1, 0.15) is 10.6 Å². The molecule has 6 nitrogen and oxygen atoms in total. The second kappa shape index (κ2) is 11.2. The Labute approximate surface area is 204 Å². The molecule has 0 bridgehead atoms. The highest BCUT2D eigenvalue weighted by Gasteiger charge is 2.24. The van der Waals surface area contributed by atoms with Gasteiger partial charge in [-0.1, -0.05) is 36.4 Å². The number of alkyl halides is 2. The number of hydrogen-bond donors (Lipinski definition) is 1.